The summed E-state index contributed by atoms with van der Waals surface area (Å²) in [6.45, 7) is 2.23. The summed E-state index contributed by atoms with van der Waals surface area (Å²) in [5.74, 6) is -4.12. The molecule has 0 radical (unpaired) electrons. The van der Waals surface area contributed by atoms with Gasteiger partial charge in [0.1, 0.15) is 5.75 Å². The van der Waals surface area contributed by atoms with E-state index in [1.54, 1.807) is 12.1 Å². The summed E-state index contributed by atoms with van der Waals surface area (Å²) in [5, 5.41) is 10.3. The number of alkyl halides is 6. The van der Waals surface area contributed by atoms with Gasteiger partial charge in [-0.3, -0.25) is 9.59 Å². The summed E-state index contributed by atoms with van der Waals surface area (Å²) in [5.41, 5.74) is -0.722. The van der Waals surface area contributed by atoms with E-state index in [-0.39, 0.29) is 31.5 Å². The van der Waals surface area contributed by atoms with Crippen LogP contribution in [0.15, 0.2) is 57.6 Å². The number of phenolic OH excluding ortho intramolecular Hbond substituents is 1. The molecule has 2 fully saturated rings. The molecule has 2 saturated heterocycles. The van der Waals surface area contributed by atoms with Gasteiger partial charge in [-0.05, 0) is 73.2 Å². The van der Waals surface area contributed by atoms with Crippen LogP contribution in [0.1, 0.15) is 55.7 Å². The molecule has 5 rings (SSSR count). The molecule has 0 aromatic heterocycles. The Morgan fingerprint density at radius 3 is 2.30 bits per heavy atom. The molecule has 1 aliphatic carbocycles. The third-order valence-corrected chi connectivity index (χ3v) is 9.30. The molecule has 248 valence electrons. The number of aromatic hydroxyl groups is 1. The minimum atomic E-state index is -5.14. The average Bonchev–Trinajstić information content (AvgIpc) is 3.51. The van der Waals surface area contributed by atoms with Gasteiger partial charge < -0.3 is 14.6 Å². The second kappa shape index (κ2) is 13.2. The van der Waals surface area contributed by atoms with Gasteiger partial charge in [-0.1, -0.05) is 40.9 Å². The Hall–Kier alpha value is -3.16. The van der Waals surface area contributed by atoms with Crippen LogP contribution in [0.3, 0.4) is 0 Å². The number of carbonyl (C=O) groups is 2. The molecule has 2 aromatic carbocycles. The number of imide groups is 1. The van der Waals surface area contributed by atoms with Crippen LogP contribution in [0.4, 0.5) is 32.0 Å². The summed E-state index contributed by atoms with van der Waals surface area (Å²) in [6.07, 6.45) is -5.98. The van der Waals surface area contributed by atoms with Crippen molar-refractivity contribution in [3.05, 3.63) is 74.3 Å². The minimum Gasteiger partial charge on any atom is -0.507 e. The predicted molar refractivity (Wildman–Crippen MR) is 161 cm³/mol. The molecule has 6 nitrogen and oxygen atoms in total. The molecule has 2 aromatic rings. The summed E-state index contributed by atoms with van der Waals surface area (Å²) in [6, 6.07) is 5.92. The van der Waals surface area contributed by atoms with Crippen molar-refractivity contribution in [1.29, 1.82) is 0 Å². The third kappa shape index (κ3) is 6.77. The smallest absolute Gasteiger partial charge is 0.416 e. The van der Waals surface area contributed by atoms with Gasteiger partial charge in [0.15, 0.2) is 0 Å². The van der Waals surface area contributed by atoms with Crippen molar-refractivity contribution in [2.75, 3.05) is 25.2 Å². The normalized spacial score (nSPS) is 23.8. The summed E-state index contributed by atoms with van der Waals surface area (Å²) >= 11 is 3.42. The van der Waals surface area contributed by atoms with Gasteiger partial charge in [0.25, 0.3) is 0 Å². The molecular weight excluding hydrogens is 684 g/mol. The fourth-order valence-corrected chi connectivity index (χ4v) is 7.25. The fourth-order valence-electron chi connectivity index (χ4n) is 6.87. The van der Waals surface area contributed by atoms with Crippen LogP contribution in [0.25, 0.3) is 6.08 Å². The Balaban J connectivity index is 1.44. The Labute approximate surface area is 270 Å². The van der Waals surface area contributed by atoms with E-state index in [0.717, 1.165) is 34.0 Å². The van der Waals surface area contributed by atoms with E-state index in [1.165, 1.54) is 7.11 Å². The first-order chi connectivity index (χ1) is 21.6. The van der Waals surface area contributed by atoms with Crippen molar-refractivity contribution in [2.45, 2.75) is 57.5 Å². The monoisotopic (exact) mass is 715 g/mol. The van der Waals surface area contributed by atoms with Crippen molar-refractivity contribution < 1.29 is 50.5 Å². The maximum Gasteiger partial charge on any atom is 0.416 e. The van der Waals surface area contributed by atoms with Crippen LogP contribution in [-0.4, -0.2) is 43.3 Å². The molecule has 2 amide bonds. The molecule has 13 heteroatoms. The highest BCUT2D eigenvalue weighted by molar-refractivity contribution is 9.10. The molecule has 2 heterocycles. The molecule has 0 unspecified atom stereocenters. The lowest BCUT2D eigenvalue weighted by molar-refractivity contribution is -0.143. The zero-order valence-electron chi connectivity index (χ0n) is 25.0. The Morgan fingerprint density at radius 2 is 1.70 bits per heavy atom. The number of nitrogens with zero attached hydrogens (tertiary/aromatic N) is 1. The van der Waals surface area contributed by atoms with E-state index >= 15 is 0 Å². The average molecular weight is 717 g/mol. The molecule has 1 N–H and O–H groups in total. The van der Waals surface area contributed by atoms with Crippen molar-refractivity contribution in [3.63, 3.8) is 0 Å². The largest absolute Gasteiger partial charge is 0.507 e. The van der Waals surface area contributed by atoms with Crippen LogP contribution in [-0.2, 0) is 31.4 Å². The summed E-state index contributed by atoms with van der Waals surface area (Å²) in [7, 11) is 1.47. The number of methoxy groups -OCH3 is 1. The number of phenols is 1. The van der Waals surface area contributed by atoms with E-state index in [4.69, 9.17) is 9.47 Å². The predicted octanol–water partition coefficient (Wildman–Crippen LogP) is 8.32. The van der Waals surface area contributed by atoms with E-state index in [9.17, 15) is 41.0 Å². The van der Waals surface area contributed by atoms with Crippen molar-refractivity contribution >= 4 is 39.5 Å². The number of hydrogen-bond acceptors (Lipinski definition) is 5. The maximum absolute atomic E-state index is 13.8. The van der Waals surface area contributed by atoms with Crippen molar-refractivity contribution in [2.24, 2.45) is 17.8 Å². The molecule has 46 heavy (non-hydrogen) atoms. The number of fused-ring (bicyclic) bond motifs is 3. The number of rotatable bonds is 9. The lowest BCUT2D eigenvalue weighted by Gasteiger charge is -2.31. The number of carbonyl (C=O) groups excluding carboxylic acids is 2. The molecule has 2 aliphatic heterocycles. The van der Waals surface area contributed by atoms with Gasteiger partial charge in [0.05, 0.1) is 48.0 Å². The zero-order chi connectivity index (χ0) is 33.6. The number of halogens is 7. The second-order valence-electron chi connectivity index (χ2n) is 11.8. The van der Waals surface area contributed by atoms with E-state index < -0.39 is 64.8 Å². The summed E-state index contributed by atoms with van der Waals surface area (Å²) < 4.78 is 94.0. The molecule has 4 atom stereocenters. The van der Waals surface area contributed by atoms with Gasteiger partial charge in [-0.2, -0.15) is 26.3 Å². The molecule has 0 saturated carbocycles. The van der Waals surface area contributed by atoms with Gasteiger partial charge in [-0.15, -0.1) is 0 Å². The van der Waals surface area contributed by atoms with Gasteiger partial charge in [-0.25, -0.2) is 4.90 Å². The highest BCUT2D eigenvalue weighted by atomic mass is 79.9. The van der Waals surface area contributed by atoms with Crippen LogP contribution >= 0.6 is 15.9 Å². The number of anilines is 1. The van der Waals surface area contributed by atoms with Gasteiger partial charge in [0, 0.05) is 23.1 Å². The van der Waals surface area contributed by atoms with E-state index in [0.29, 0.717) is 35.4 Å². The van der Waals surface area contributed by atoms with E-state index in [1.807, 2.05) is 19.1 Å². The molecule has 0 spiro atoms. The fraction of sp³-hybridized carbons (Fsp3) is 0.455. The zero-order valence-corrected chi connectivity index (χ0v) is 26.6. The van der Waals surface area contributed by atoms with Crippen LogP contribution in [0.2, 0.25) is 0 Å². The first kappa shape index (κ1) is 34.2. The number of amides is 2. The SMILES string of the molecule is CCC/C(=C\c1cc(Br)ccc1O)CC[C@H]1OC[C@H]2C1=C(COC)C[C@H]1C(=O)N(c3cc(C(F)(F)F)cc(C(F)(F)F)c3)C(=O)[C@H]12. The van der Waals surface area contributed by atoms with E-state index in [2.05, 4.69) is 15.9 Å². The lowest BCUT2D eigenvalue weighted by atomic mass is 9.69. The van der Waals surface area contributed by atoms with Gasteiger partial charge >= 0.3 is 12.4 Å². The second-order valence-corrected chi connectivity index (χ2v) is 12.7. The minimum absolute atomic E-state index is 0.0352. The molecular formula is C33H32BrF6NO5. The quantitative estimate of drug-likeness (QED) is 0.161. The topological polar surface area (TPSA) is 76.1 Å². The highest BCUT2D eigenvalue weighted by Gasteiger charge is 2.57. The van der Waals surface area contributed by atoms with Crippen LogP contribution < -0.4 is 4.90 Å². The lowest BCUT2D eigenvalue weighted by Crippen LogP contribution is -2.35. The number of ether oxygens (including phenoxy) is 2. The Bertz CT molecular complexity index is 1550. The summed E-state index contributed by atoms with van der Waals surface area (Å²) in [4.78, 5) is 27.9. The molecule has 3 aliphatic rings. The Morgan fingerprint density at radius 1 is 1.02 bits per heavy atom. The van der Waals surface area contributed by atoms with Crippen LogP contribution in [0, 0.1) is 17.8 Å². The third-order valence-electron chi connectivity index (χ3n) is 8.81. The number of allylic oxidation sites excluding steroid dienone is 1. The first-order valence-electron chi connectivity index (χ1n) is 14.8. The standard InChI is InChI=1S/C33H32BrF6NO5/c1-3-4-17(9-18-10-22(34)6-7-26(18)42)5-8-27-28-19(15-45-2)11-24-29(25(28)16-46-27)31(44)41(30(24)43)23-13-20(32(35,36)37)12-21(14-23)33(38,39)40/h6-7,9-10,12-14,24-25,27,29,42H,3-5,8,11,15-16H2,1-2H3/b17-9+/t24-,25+,27-,29-/m1/s1. The van der Waals surface area contributed by atoms with Crippen LogP contribution in [0.5, 0.6) is 5.75 Å². The van der Waals surface area contributed by atoms with Crippen molar-refractivity contribution in [1.82, 2.24) is 0 Å². The number of benzene rings is 2. The number of hydrogen-bond donors (Lipinski definition) is 1. The van der Waals surface area contributed by atoms with Gasteiger partial charge in [0.2, 0.25) is 11.8 Å². The maximum atomic E-state index is 13.8. The Kier molecular flexibility index (Phi) is 9.77. The molecule has 0 bridgehead atoms. The highest BCUT2D eigenvalue weighted by Crippen LogP contribution is 2.51. The first-order valence-corrected chi connectivity index (χ1v) is 15.6. The van der Waals surface area contributed by atoms with Crippen molar-refractivity contribution in [3.8, 4) is 5.75 Å².